The van der Waals surface area contributed by atoms with E-state index in [1.165, 1.54) is 6.20 Å². The molecule has 0 aliphatic heterocycles. The van der Waals surface area contributed by atoms with Crippen molar-refractivity contribution < 1.29 is 17.2 Å². The molecule has 0 atom stereocenters. The number of H-pyrrole nitrogens is 1. The van der Waals surface area contributed by atoms with Gasteiger partial charge in [0.1, 0.15) is 5.69 Å². The lowest BCUT2D eigenvalue weighted by Crippen LogP contribution is -2.22. The van der Waals surface area contributed by atoms with Crippen molar-refractivity contribution in [2.24, 2.45) is 0 Å². The molecule has 2 aromatic rings. The van der Waals surface area contributed by atoms with Gasteiger partial charge in [0, 0.05) is 22.9 Å². The highest BCUT2D eigenvalue weighted by atomic mass is 79.9. The Morgan fingerprint density at radius 3 is 2.35 bits per heavy atom. The molecule has 0 fully saturated rings. The van der Waals surface area contributed by atoms with E-state index in [2.05, 4.69) is 20.9 Å². The van der Waals surface area contributed by atoms with Crippen molar-refractivity contribution in [3.8, 4) is 0 Å². The average Bonchev–Trinajstić information content (AvgIpc) is 2.34. The van der Waals surface area contributed by atoms with Crippen LogP contribution in [0.15, 0.2) is 44.8 Å². The molecule has 0 unspecified atom stereocenters. The maximum absolute atomic E-state index is 13.6. The summed E-state index contributed by atoms with van der Waals surface area (Å²) in [6.45, 7) is 0. The molecule has 0 spiro atoms. The van der Waals surface area contributed by atoms with Gasteiger partial charge in [-0.25, -0.2) is 17.2 Å². The molecule has 0 bridgehead atoms. The Balaban J connectivity index is 2.50. The van der Waals surface area contributed by atoms with E-state index >= 15 is 0 Å². The molecule has 0 saturated heterocycles. The van der Waals surface area contributed by atoms with E-state index in [0.29, 0.717) is 0 Å². The lowest BCUT2D eigenvalue weighted by molar-refractivity contribution is 0.581. The Bertz CT molecular complexity index is 797. The van der Waals surface area contributed by atoms with Gasteiger partial charge in [0.05, 0.1) is 0 Å². The van der Waals surface area contributed by atoms with Gasteiger partial charge >= 0.3 is 0 Å². The predicted molar refractivity (Wildman–Crippen MR) is 71.9 cm³/mol. The van der Waals surface area contributed by atoms with Crippen molar-refractivity contribution in [3.63, 3.8) is 0 Å². The van der Waals surface area contributed by atoms with Crippen LogP contribution in [0.4, 0.5) is 14.5 Å². The van der Waals surface area contributed by atoms with Crippen LogP contribution in [0.2, 0.25) is 0 Å². The number of anilines is 1. The zero-order valence-corrected chi connectivity index (χ0v) is 12.1. The Morgan fingerprint density at radius 1 is 1.20 bits per heavy atom. The smallest absolute Gasteiger partial charge is 0.267 e. The second kappa shape index (κ2) is 5.33. The van der Waals surface area contributed by atoms with E-state index in [1.807, 2.05) is 0 Å². The van der Waals surface area contributed by atoms with Crippen LogP contribution in [0.3, 0.4) is 0 Å². The summed E-state index contributed by atoms with van der Waals surface area (Å²) in [5.41, 5.74) is -1.65. The quantitative estimate of drug-likeness (QED) is 0.876. The molecule has 20 heavy (non-hydrogen) atoms. The summed E-state index contributed by atoms with van der Waals surface area (Å²) < 4.78 is 52.9. The third kappa shape index (κ3) is 2.88. The molecule has 1 heterocycles. The number of sulfonamides is 1. The van der Waals surface area contributed by atoms with Gasteiger partial charge in [-0.1, -0.05) is 15.9 Å². The number of rotatable bonds is 3. The minimum atomic E-state index is -4.39. The summed E-state index contributed by atoms with van der Waals surface area (Å²) in [6.07, 6.45) is 2.17. The predicted octanol–water partition coefficient (Wildman–Crippen LogP) is 2.22. The maximum Gasteiger partial charge on any atom is 0.267 e. The molecular formula is C11H7BrF2N2O3S. The second-order valence-electron chi connectivity index (χ2n) is 3.72. The number of nitrogens with one attached hydrogen (secondary N) is 2. The molecule has 5 nitrogen and oxygen atoms in total. The van der Waals surface area contributed by atoms with Gasteiger partial charge in [0.25, 0.3) is 10.0 Å². The summed E-state index contributed by atoms with van der Waals surface area (Å²) in [5.74, 6) is -2.21. The van der Waals surface area contributed by atoms with Crippen LogP contribution < -0.4 is 10.2 Å². The van der Waals surface area contributed by atoms with Gasteiger partial charge in [0.15, 0.2) is 16.5 Å². The van der Waals surface area contributed by atoms with E-state index in [4.69, 9.17) is 0 Å². The highest BCUT2D eigenvalue weighted by molar-refractivity contribution is 9.10. The monoisotopic (exact) mass is 364 g/mol. The minimum absolute atomic E-state index is 0.119. The first-order valence-electron chi connectivity index (χ1n) is 5.16. The van der Waals surface area contributed by atoms with Gasteiger partial charge in [0.2, 0.25) is 5.43 Å². The van der Waals surface area contributed by atoms with E-state index < -0.39 is 37.7 Å². The Morgan fingerprint density at radius 2 is 1.80 bits per heavy atom. The van der Waals surface area contributed by atoms with Crippen LogP contribution >= 0.6 is 15.9 Å². The van der Waals surface area contributed by atoms with Gasteiger partial charge in [-0.15, -0.1) is 0 Å². The van der Waals surface area contributed by atoms with Crippen LogP contribution in [0.5, 0.6) is 0 Å². The number of aromatic amines is 1. The fourth-order valence-electron chi connectivity index (χ4n) is 1.44. The van der Waals surface area contributed by atoms with Gasteiger partial charge in [-0.3, -0.25) is 9.52 Å². The molecule has 2 N–H and O–H groups in total. The highest BCUT2D eigenvalue weighted by Gasteiger charge is 2.22. The molecule has 9 heteroatoms. The first kappa shape index (κ1) is 14.7. The number of aromatic nitrogens is 1. The third-order valence-electron chi connectivity index (χ3n) is 2.32. The number of halogens is 3. The van der Waals surface area contributed by atoms with Crippen LogP contribution in [-0.2, 0) is 10.0 Å². The Kier molecular flexibility index (Phi) is 3.91. The maximum atomic E-state index is 13.6. The standard InChI is InChI=1S/C11H7BrF2N2O3S/c12-6-3-7(13)11(8(14)4-6)16-20(18,19)10-5-15-2-1-9(10)17/h1-5,16H,(H,15,17). The van der Waals surface area contributed by atoms with E-state index in [9.17, 15) is 22.0 Å². The molecule has 0 aliphatic rings. The zero-order valence-electron chi connectivity index (χ0n) is 9.65. The summed E-state index contributed by atoms with van der Waals surface area (Å²) in [6, 6.07) is 2.79. The first-order valence-corrected chi connectivity index (χ1v) is 7.43. The summed E-state index contributed by atoms with van der Waals surface area (Å²) >= 11 is 2.87. The highest BCUT2D eigenvalue weighted by Crippen LogP contribution is 2.25. The lowest BCUT2D eigenvalue weighted by Gasteiger charge is -2.09. The second-order valence-corrected chi connectivity index (χ2v) is 6.29. The summed E-state index contributed by atoms with van der Waals surface area (Å²) in [7, 11) is -4.39. The summed E-state index contributed by atoms with van der Waals surface area (Å²) in [4.78, 5) is 13.2. The van der Waals surface area contributed by atoms with Crippen LogP contribution in [0.1, 0.15) is 0 Å². The van der Waals surface area contributed by atoms with Crippen LogP contribution in [0, 0.1) is 11.6 Å². The number of hydrogen-bond acceptors (Lipinski definition) is 3. The van der Waals surface area contributed by atoms with E-state index in [-0.39, 0.29) is 4.47 Å². The summed E-state index contributed by atoms with van der Waals surface area (Å²) in [5, 5.41) is 0. The molecule has 106 valence electrons. The average molecular weight is 365 g/mol. The molecule has 0 amide bonds. The van der Waals surface area contributed by atoms with Crippen molar-refractivity contribution in [1.82, 2.24) is 4.98 Å². The van der Waals surface area contributed by atoms with Crippen molar-refractivity contribution in [1.29, 1.82) is 0 Å². The van der Waals surface area contributed by atoms with Crippen molar-refractivity contribution in [2.75, 3.05) is 4.72 Å². The van der Waals surface area contributed by atoms with Crippen molar-refractivity contribution in [3.05, 3.63) is 56.9 Å². The molecule has 0 saturated carbocycles. The number of hydrogen-bond donors (Lipinski definition) is 2. The topological polar surface area (TPSA) is 79.0 Å². The largest absolute Gasteiger partial charge is 0.366 e. The first-order chi connectivity index (χ1) is 9.31. The molecule has 2 rings (SSSR count). The third-order valence-corrected chi connectivity index (χ3v) is 4.15. The van der Waals surface area contributed by atoms with Crippen molar-refractivity contribution in [2.45, 2.75) is 4.90 Å². The van der Waals surface area contributed by atoms with Crippen LogP contribution in [0.25, 0.3) is 0 Å². The van der Waals surface area contributed by atoms with E-state index in [1.54, 1.807) is 4.72 Å². The zero-order chi connectivity index (χ0) is 14.9. The SMILES string of the molecule is O=c1cc[nH]cc1S(=O)(=O)Nc1c(F)cc(Br)cc1F. The van der Waals surface area contributed by atoms with Gasteiger partial charge in [-0.2, -0.15) is 0 Å². The normalized spacial score (nSPS) is 11.3. The molecule has 0 radical (unpaired) electrons. The van der Waals surface area contributed by atoms with Gasteiger partial charge < -0.3 is 4.98 Å². The molecule has 1 aromatic heterocycles. The molecule has 1 aromatic carbocycles. The number of benzene rings is 1. The van der Waals surface area contributed by atoms with Crippen molar-refractivity contribution >= 4 is 31.6 Å². The Labute approximate surface area is 120 Å². The Hall–Kier alpha value is -1.74. The van der Waals surface area contributed by atoms with Gasteiger partial charge in [-0.05, 0) is 12.1 Å². The lowest BCUT2D eigenvalue weighted by atomic mass is 10.3. The molecular weight excluding hydrogens is 358 g/mol. The fourth-order valence-corrected chi connectivity index (χ4v) is 2.97. The minimum Gasteiger partial charge on any atom is -0.366 e. The number of pyridine rings is 1. The van der Waals surface area contributed by atoms with Crippen LogP contribution in [-0.4, -0.2) is 13.4 Å². The molecule has 0 aliphatic carbocycles. The fraction of sp³-hybridized carbons (Fsp3) is 0. The van der Waals surface area contributed by atoms with E-state index in [0.717, 1.165) is 24.4 Å².